The highest BCUT2D eigenvalue weighted by Gasteiger charge is 2.43. The quantitative estimate of drug-likeness (QED) is 0.922. The summed E-state index contributed by atoms with van der Waals surface area (Å²) in [6.45, 7) is 9.18. The maximum absolute atomic E-state index is 12.1. The zero-order valence-electron chi connectivity index (χ0n) is 13.0. The van der Waals surface area contributed by atoms with E-state index in [1.54, 1.807) is 0 Å². The highest BCUT2D eigenvalue weighted by atomic mass is 16.2. The van der Waals surface area contributed by atoms with Gasteiger partial charge in [0.2, 0.25) is 0 Å². The van der Waals surface area contributed by atoms with E-state index >= 15 is 0 Å². The Morgan fingerprint density at radius 3 is 3.00 bits per heavy atom. The molecule has 0 spiro atoms. The first-order valence-corrected chi connectivity index (χ1v) is 7.77. The van der Waals surface area contributed by atoms with Crippen LogP contribution in [0.2, 0.25) is 0 Å². The van der Waals surface area contributed by atoms with Crippen LogP contribution in [0.3, 0.4) is 0 Å². The SMILES string of the molecule is Cc1ccncc1CN1CC[C@H]2[C@@H](C1)NC(=O)N2C(C)C. The van der Waals surface area contributed by atoms with Gasteiger partial charge < -0.3 is 10.2 Å². The van der Waals surface area contributed by atoms with Crippen LogP contribution >= 0.6 is 0 Å². The summed E-state index contributed by atoms with van der Waals surface area (Å²) in [6.07, 6.45) is 4.83. The number of nitrogens with zero attached hydrogens (tertiary/aromatic N) is 3. The van der Waals surface area contributed by atoms with Gasteiger partial charge >= 0.3 is 6.03 Å². The lowest BCUT2D eigenvalue weighted by atomic mass is 9.98. The van der Waals surface area contributed by atoms with Crippen LogP contribution in [0.5, 0.6) is 0 Å². The smallest absolute Gasteiger partial charge is 0.318 e. The van der Waals surface area contributed by atoms with Crippen LogP contribution < -0.4 is 5.32 Å². The van der Waals surface area contributed by atoms with Crippen LogP contribution in [0.25, 0.3) is 0 Å². The number of rotatable bonds is 3. The van der Waals surface area contributed by atoms with Crippen molar-refractivity contribution in [1.82, 2.24) is 20.1 Å². The molecule has 1 aromatic heterocycles. The first-order chi connectivity index (χ1) is 10.1. The predicted octanol–water partition coefficient (Wildman–Crippen LogP) is 1.77. The van der Waals surface area contributed by atoms with E-state index in [2.05, 4.69) is 42.0 Å². The number of piperidine rings is 1. The van der Waals surface area contributed by atoms with Gasteiger partial charge in [-0.05, 0) is 44.4 Å². The Morgan fingerprint density at radius 2 is 2.29 bits per heavy atom. The summed E-state index contributed by atoms with van der Waals surface area (Å²) >= 11 is 0. The molecule has 2 saturated heterocycles. The molecule has 2 amide bonds. The van der Waals surface area contributed by atoms with E-state index in [-0.39, 0.29) is 18.1 Å². The maximum Gasteiger partial charge on any atom is 0.318 e. The molecule has 2 fully saturated rings. The molecule has 21 heavy (non-hydrogen) atoms. The van der Waals surface area contributed by atoms with Crippen molar-refractivity contribution in [1.29, 1.82) is 0 Å². The van der Waals surface area contributed by atoms with Crippen LogP contribution in [0, 0.1) is 6.92 Å². The molecule has 0 radical (unpaired) electrons. The Morgan fingerprint density at radius 1 is 1.48 bits per heavy atom. The highest BCUT2D eigenvalue weighted by Crippen LogP contribution is 2.25. The second-order valence-electron chi connectivity index (χ2n) is 6.45. The third-order valence-corrected chi connectivity index (χ3v) is 4.66. The Hall–Kier alpha value is -1.62. The van der Waals surface area contributed by atoms with Gasteiger partial charge in [-0.15, -0.1) is 0 Å². The number of hydrogen-bond donors (Lipinski definition) is 1. The van der Waals surface area contributed by atoms with E-state index in [0.29, 0.717) is 6.04 Å². The largest absolute Gasteiger partial charge is 0.332 e. The van der Waals surface area contributed by atoms with E-state index in [1.165, 1.54) is 11.1 Å². The van der Waals surface area contributed by atoms with Gasteiger partial charge in [-0.2, -0.15) is 0 Å². The minimum Gasteiger partial charge on any atom is -0.332 e. The summed E-state index contributed by atoms with van der Waals surface area (Å²) in [5.74, 6) is 0. The fraction of sp³-hybridized carbons (Fsp3) is 0.625. The number of likely N-dealkylation sites (tertiary alicyclic amines) is 1. The summed E-state index contributed by atoms with van der Waals surface area (Å²) in [5.41, 5.74) is 2.56. The van der Waals surface area contributed by atoms with Crippen molar-refractivity contribution in [3.05, 3.63) is 29.6 Å². The van der Waals surface area contributed by atoms with Crippen molar-refractivity contribution >= 4 is 6.03 Å². The van der Waals surface area contributed by atoms with E-state index < -0.39 is 0 Å². The van der Waals surface area contributed by atoms with Crippen molar-refractivity contribution in [2.45, 2.75) is 51.9 Å². The number of pyridine rings is 1. The van der Waals surface area contributed by atoms with Gasteiger partial charge in [-0.1, -0.05) is 0 Å². The zero-order chi connectivity index (χ0) is 15.0. The third-order valence-electron chi connectivity index (χ3n) is 4.66. The maximum atomic E-state index is 12.1. The molecule has 1 aromatic rings. The average molecular weight is 288 g/mol. The lowest BCUT2D eigenvalue weighted by Crippen LogP contribution is -2.51. The second-order valence-corrected chi connectivity index (χ2v) is 6.45. The topological polar surface area (TPSA) is 48.5 Å². The van der Waals surface area contributed by atoms with Crippen molar-refractivity contribution in [2.75, 3.05) is 13.1 Å². The summed E-state index contributed by atoms with van der Waals surface area (Å²) in [7, 11) is 0. The number of nitrogens with one attached hydrogen (secondary N) is 1. The second kappa shape index (κ2) is 5.64. The van der Waals surface area contributed by atoms with Gasteiger partial charge in [0.05, 0.1) is 12.1 Å². The van der Waals surface area contributed by atoms with Crippen LogP contribution in [0.4, 0.5) is 4.79 Å². The molecule has 2 aliphatic rings. The molecule has 3 heterocycles. The van der Waals surface area contributed by atoms with Crippen molar-refractivity contribution < 1.29 is 4.79 Å². The van der Waals surface area contributed by atoms with Crippen LogP contribution in [0.1, 0.15) is 31.4 Å². The Balaban J connectivity index is 1.67. The number of amides is 2. The molecule has 2 aliphatic heterocycles. The summed E-state index contributed by atoms with van der Waals surface area (Å²) in [5, 5.41) is 3.15. The van der Waals surface area contributed by atoms with Gasteiger partial charge in [0.25, 0.3) is 0 Å². The predicted molar refractivity (Wildman–Crippen MR) is 82.0 cm³/mol. The number of urea groups is 1. The van der Waals surface area contributed by atoms with Crippen LogP contribution in [-0.4, -0.2) is 52.0 Å². The number of aryl methyl sites for hydroxylation is 1. The van der Waals surface area contributed by atoms with Crippen molar-refractivity contribution in [2.24, 2.45) is 0 Å². The fourth-order valence-corrected chi connectivity index (χ4v) is 3.53. The molecular weight excluding hydrogens is 264 g/mol. The molecule has 1 N–H and O–H groups in total. The monoisotopic (exact) mass is 288 g/mol. The normalized spacial score (nSPS) is 26.1. The molecule has 0 unspecified atom stereocenters. The van der Waals surface area contributed by atoms with Crippen molar-refractivity contribution in [3.8, 4) is 0 Å². The summed E-state index contributed by atoms with van der Waals surface area (Å²) in [6, 6.07) is 3.03. The van der Waals surface area contributed by atoms with Gasteiger partial charge in [0.1, 0.15) is 0 Å². The zero-order valence-corrected chi connectivity index (χ0v) is 13.0. The van der Waals surface area contributed by atoms with Crippen molar-refractivity contribution in [3.63, 3.8) is 0 Å². The Labute approximate surface area is 126 Å². The molecule has 3 rings (SSSR count). The molecule has 5 heteroatoms. The van der Waals surface area contributed by atoms with E-state index in [0.717, 1.165) is 26.1 Å². The molecular formula is C16H24N4O. The molecule has 5 nitrogen and oxygen atoms in total. The van der Waals surface area contributed by atoms with Gasteiger partial charge in [0, 0.05) is 38.1 Å². The molecule has 2 atom stereocenters. The van der Waals surface area contributed by atoms with E-state index in [1.807, 2.05) is 17.3 Å². The Kier molecular flexibility index (Phi) is 3.85. The minimum atomic E-state index is 0.0967. The summed E-state index contributed by atoms with van der Waals surface area (Å²) in [4.78, 5) is 20.7. The van der Waals surface area contributed by atoms with E-state index in [9.17, 15) is 4.79 Å². The lowest BCUT2D eigenvalue weighted by molar-refractivity contribution is 0.122. The molecule has 0 saturated carbocycles. The molecule has 114 valence electrons. The number of fused-ring (bicyclic) bond motifs is 1. The lowest BCUT2D eigenvalue weighted by Gasteiger charge is -2.38. The molecule has 0 aromatic carbocycles. The van der Waals surface area contributed by atoms with Crippen LogP contribution in [-0.2, 0) is 6.54 Å². The number of aromatic nitrogens is 1. The standard InChI is InChI=1S/C16H24N4O/c1-11(2)20-15-5-7-19(10-14(15)18-16(20)21)9-13-8-17-6-4-12(13)3/h4,6,8,11,14-15H,5,7,9-10H2,1-3H3,(H,18,21)/t14-,15+/m1/s1. The van der Waals surface area contributed by atoms with Gasteiger partial charge in [-0.3, -0.25) is 9.88 Å². The van der Waals surface area contributed by atoms with Gasteiger partial charge in [0.15, 0.2) is 0 Å². The number of hydrogen-bond acceptors (Lipinski definition) is 3. The average Bonchev–Trinajstić information content (AvgIpc) is 2.76. The van der Waals surface area contributed by atoms with Gasteiger partial charge in [-0.25, -0.2) is 4.79 Å². The Bertz CT molecular complexity index is 531. The highest BCUT2D eigenvalue weighted by molar-refractivity contribution is 5.78. The summed E-state index contributed by atoms with van der Waals surface area (Å²) < 4.78 is 0. The third kappa shape index (κ3) is 2.75. The number of carbonyl (C=O) groups excluding carboxylic acids is 1. The van der Waals surface area contributed by atoms with Crippen LogP contribution in [0.15, 0.2) is 18.5 Å². The minimum absolute atomic E-state index is 0.0967. The number of carbonyl (C=O) groups is 1. The first-order valence-electron chi connectivity index (χ1n) is 7.77. The first kappa shape index (κ1) is 14.3. The van der Waals surface area contributed by atoms with E-state index in [4.69, 9.17) is 0 Å². The molecule has 0 bridgehead atoms. The fourth-order valence-electron chi connectivity index (χ4n) is 3.53. The molecule has 0 aliphatic carbocycles.